The molecule has 3 atom stereocenters. The van der Waals surface area contributed by atoms with E-state index in [-0.39, 0.29) is 48.2 Å². The van der Waals surface area contributed by atoms with Gasteiger partial charge in [0.05, 0.1) is 30.5 Å². The molecule has 1 amide bonds. The van der Waals surface area contributed by atoms with Crippen molar-refractivity contribution in [2.75, 3.05) is 39.2 Å². The number of hydrogen-bond donors (Lipinski definition) is 3. The Kier molecular flexibility index (Phi) is 6.95. The molecule has 1 saturated heterocycles. The second-order valence-corrected chi connectivity index (χ2v) is 8.25. The summed E-state index contributed by atoms with van der Waals surface area (Å²) in [6, 6.07) is 1.08. The second-order valence-electron chi connectivity index (χ2n) is 8.25. The number of aliphatic hydroxyl groups is 1. The summed E-state index contributed by atoms with van der Waals surface area (Å²) in [5.41, 5.74) is 4.01. The number of aromatic nitrogens is 4. The fraction of sp³-hybridized carbons (Fsp3) is 0.429. The number of nitrogens with two attached hydrogens (primary N) is 1. The van der Waals surface area contributed by atoms with Crippen molar-refractivity contribution in [1.82, 2.24) is 29.8 Å². The number of nitrogens with one attached hydrogen (secondary N) is 1. The molecule has 3 aromatic rings. The highest BCUT2D eigenvalue weighted by Gasteiger charge is 2.37. The fourth-order valence-corrected chi connectivity index (χ4v) is 4.13. The number of methoxy groups -OCH3 is 1. The SMILES string of the molecule is COc1ncc(-c2cc(C(F)(F)F)c3c(N)ncnn23)cc1C(=O)N[C@@H]1CN(CC(O)CF)C[C@@H]1F. The first-order chi connectivity index (χ1) is 17.0. The number of alkyl halides is 5. The van der Waals surface area contributed by atoms with Crippen LogP contribution in [0.1, 0.15) is 15.9 Å². The predicted molar refractivity (Wildman–Crippen MR) is 117 cm³/mol. The highest BCUT2D eigenvalue weighted by molar-refractivity contribution is 5.98. The summed E-state index contributed by atoms with van der Waals surface area (Å²) < 4.78 is 74.1. The molecule has 1 aliphatic heterocycles. The zero-order valence-corrected chi connectivity index (χ0v) is 18.8. The van der Waals surface area contributed by atoms with E-state index in [1.807, 2.05) is 0 Å². The van der Waals surface area contributed by atoms with E-state index in [2.05, 4.69) is 20.4 Å². The lowest BCUT2D eigenvalue weighted by Gasteiger charge is -2.18. The number of rotatable bonds is 7. The van der Waals surface area contributed by atoms with Gasteiger partial charge in [0, 0.05) is 31.4 Å². The summed E-state index contributed by atoms with van der Waals surface area (Å²) in [4.78, 5) is 22.1. The normalized spacial score (nSPS) is 19.5. The van der Waals surface area contributed by atoms with Gasteiger partial charge in [0.25, 0.3) is 5.91 Å². The van der Waals surface area contributed by atoms with Crippen molar-refractivity contribution in [3.8, 4) is 17.1 Å². The van der Waals surface area contributed by atoms with Gasteiger partial charge in [-0.2, -0.15) is 18.3 Å². The number of anilines is 1. The first-order valence-electron chi connectivity index (χ1n) is 10.7. The number of ether oxygens (including phenoxy) is 1. The Morgan fingerprint density at radius 2 is 2.08 bits per heavy atom. The fourth-order valence-electron chi connectivity index (χ4n) is 4.13. The molecule has 10 nitrogen and oxygen atoms in total. The Morgan fingerprint density at radius 1 is 1.33 bits per heavy atom. The maximum absolute atomic E-state index is 14.5. The number of nitrogen functional groups attached to an aromatic ring is 1. The van der Waals surface area contributed by atoms with E-state index in [1.54, 1.807) is 0 Å². The van der Waals surface area contributed by atoms with Crippen LogP contribution in [0.4, 0.5) is 27.8 Å². The minimum atomic E-state index is -4.76. The molecule has 1 aliphatic rings. The van der Waals surface area contributed by atoms with Gasteiger partial charge in [-0.15, -0.1) is 0 Å². The van der Waals surface area contributed by atoms with Crippen molar-refractivity contribution in [3.05, 3.63) is 35.8 Å². The maximum atomic E-state index is 14.5. The Morgan fingerprint density at radius 3 is 2.75 bits per heavy atom. The van der Waals surface area contributed by atoms with Crippen molar-refractivity contribution in [3.63, 3.8) is 0 Å². The highest BCUT2D eigenvalue weighted by Crippen LogP contribution is 2.39. The molecule has 1 fully saturated rings. The van der Waals surface area contributed by atoms with Crippen molar-refractivity contribution >= 4 is 17.2 Å². The first kappa shape index (κ1) is 25.5. The Balaban J connectivity index is 1.67. The smallest absolute Gasteiger partial charge is 0.418 e. The highest BCUT2D eigenvalue weighted by atomic mass is 19.4. The molecule has 0 bridgehead atoms. The van der Waals surface area contributed by atoms with E-state index in [9.17, 15) is 31.9 Å². The van der Waals surface area contributed by atoms with Gasteiger partial charge in [0.1, 0.15) is 30.3 Å². The Hall–Kier alpha value is -3.59. The van der Waals surface area contributed by atoms with Crippen LogP contribution in [0.5, 0.6) is 5.88 Å². The molecule has 0 radical (unpaired) electrons. The predicted octanol–water partition coefficient (Wildman–Crippen LogP) is 1.48. The number of likely N-dealkylation sites (tertiary alicyclic amines) is 1. The van der Waals surface area contributed by atoms with E-state index >= 15 is 0 Å². The number of carbonyl (C=O) groups excluding carboxylic acids is 1. The molecule has 1 unspecified atom stereocenters. The molecule has 194 valence electrons. The third-order valence-corrected chi connectivity index (χ3v) is 5.76. The van der Waals surface area contributed by atoms with Crippen LogP contribution in [-0.4, -0.2) is 87.2 Å². The van der Waals surface area contributed by atoms with E-state index in [4.69, 9.17) is 10.5 Å². The number of β-amino-alcohol motifs (C(OH)–C–C–N with tert-alkyl or cyclic N) is 1. The van der Waals surface area contributed by atoms with Crippen LogP contribution in [0, 0.1) is 0 Å². The van der Waals surface area contributed by atoms with Crippen molar-refractivity contribution in [2.24, 2.45) is 0 Å². The minimum Gasteiger partial charge on any atom is -0.480 e. The molecule has 3 aromatic heterocycles. The molecule has 0 spiro atoms. The van der Waals surface area contributed by atoms with E-state index in [0.717, 1.165) is 16.9 Å². The van der Waals surface area contributed by atoms with Gasteiger partial charge in [-0.1, -0.05) is 0 Å². The van der Waals surface area contributed by atoms with Crippen LogP contribution < -0.4 is 15.8 Å². The monoisotopic (exact) mass is 515 g/mol. The number of hydrogen-bond acceptors (Lipinski definition) is 8. The first-order valence-corrected chi connectivity index (χ1v) is 10.7. The summed E-state index contributed by atoms with van der Waals surface area (Å²) in [6.45, 7) is -1.18. The molecule has 4 heterocycles. The summed E-state index contributed by atoms with van der Waals surface area (Å²) in [7, 11) is 1.24. The number of pyridine rings is 1. The number of amides is 1. The molecule has 36 heavy (non-hydrogen) atoms. The molecule has 0 aliphatic carbocycles. The van der Waals surface area contributed by atoms with Gasteiger partial charge >= 0.3 is 6.18 Å². The van der Waals surface area contributed by atoms with Crippen LogP contribution >= 0.6 is 0 Å². The number of aliphatic hydroxyl groups excluding tert-OH is 1. The molecule has 15 heteroatoms. The summed E-state index contributed by atoms with van der Waals surface area (Å²) in [5, 5.41) is 15.8. The maximum Gasteiger partial charge on any atom is 0.418 e. The molecular formula is C21H22F5N7O3. The zero-order chi connectivity index (χ0) is 26.2. The average molecular weight is 515 g/mol. The van der Waals surface area contributed by atoms with Crippen molar-refractivity contribution in [1.29, 1.82) is 0 Å². The minimum absolute atomic E-state index is 0.0217. The summed E-state index contributed by atoms with van der Waals surface area (Å²) in [5.74, 6) is -1.31. The van der Waals surface area contributed by atoms with Crippen LogP contribution in [-0.2, 0) is 6.18 Å². The van der Waals surface area contributed by atoms with Gasteiger partial charge in [-0.3, -0.25) is 9.69 Å². The second kappa shape index (κ2) is 9.81. The zero-order valence-electron chi connectivity index (χ0n) is 18.8. The number of fused-ring (bicyclic) bond motifs is 1. The van der Waals surface area contributed by atoms with Crippen LogP contribution in [0.3, 0.4) is 0 Å². The van der Waals surface area contributed by atoms with E-state index < -0.39 is 48.2 Å². The lowest BCUT2D eigenvalue weighted by Crippen LogP contribution is -2.42. The molecule has 0 aromatic carbocycles. The molecule has 0 saturated carbocycles. The lowest BCUT2D eigenvalue weighted by molar-refractivity contribution is -0.136. The van der Waals surface area contributed by atoms with E-state index in [1.165, 1.54) is 24.3 Å². The Bertz CT molecular complexity index is 1270. The Labute approximate surface area is 200 Å². The molecule has 4 N–H and O–H groups in total. The van der Waals surface area contributed by atoms with Crippen molar-refractivity contribution < 1.29 is 36.6 Å². The quantitative estimate of drug-likeness (QED) is 0.404. The number of nitrogens with zero attached hydrogens (tertiary/aromatic N) is 5. The van der Waals surface area contributed by atoms with Gasteiger partial charge in [-0.05, 0) is 12.1 Å². The van der Waals surface area contributed by atoms with Crippen molar-refractivity contribution in [2.45, 2.75) is 24.5 Å². The van der Waals surface area contributed by atoms with Gasteiger partial charge in [-0.25, -0.2) is 23.3 Å². The topological polar surface area (TPSA) is 131 Å². The third-order valence-electron chi connectivity index (χ3n) is 5.76. The van der Waals surface area contributed by atoms with Gasteiger partial charge < -0.3 is 20.9 Å². The summed E-state index contributed by atoms with van der Waals surface area (Å²) in [6.07, 6.45) is -5.34. The molecule has 4 rings (SSSR count). The van der Waals surface area contributed by atoms with Crippen LogP contribution in [0.25, 0.3) is 16.8 Å². The average Bonchev–Trinajstić information content (AvgIpc) is 3.39. The standard InChI is InChI=1S/C21H22F5N7O3/c1-36-20-12(19(35)31-15-8-32(7-14(15)23)6-11(34)4-22)2-10(5-28-20)16-3-13(21(24,25)26)17-18(27)29-9-30-33(16)17/h2-3,5,9,11,14-15,34H,4,6-8H2,1H3,(H,31,35)(H2,27,29,30)/t11?,14-,15+/m0/s1. The molecular weight excluding hydrogens is 493 g/mol. The van der Waals surface area contributed by atoms with Gasteiger partial charge in [0.15, 0.2) is 5.82 Å². The lowest BCUT2D eigenvalue weighted by atomic mass is 10.1. The number of halogens is 5. The van der Waals surface area contributed by atoms with Crippen LogP contribution in [0.15, 0.2) is 24.7 Å². The summed E-state index contributed by atoms with van der Waals surface area (Å²) >= 11 is 0. The largest absolute Gasteiger partial charge is 0.480 e. The van der Waals surface area contributed by atoms with E-state index in [0.29, 0.717) is 0 Å². The number of carbonyl (C=O) groups is 1. The van der Waals surface area contributed by atoms with Crippen LogP contribution in [0.2, 0.25) is 0 Å². The van der Waals surface area contributed by atoms with Gasteiger partial charge in [0.2, 0.25) is 5.88 Å². The third kappa shape index (κ3) is 4.88.